The zero-order chi connectivity index (χ0) is 20.8. The summed E-state index contributed by atoms with van der Waals surface area (Å²) in [6.45, 7) is 4.50. The van der Waals surface area contributed by atoms with Gasteiger partial charge in [-0.05, 0) is 23.1 Å². The summed E-state index contributed by atoms with van der Waals surface area (Å²) in [7, 11) is 0. The predicted molar refractivity (Wildman–Crippen MR) is 110 cm³/mol. The number of para-hydroxylation sites is 1. The fourth-order valence-electron chi connectivity index (χ4n) is 3.44. The monoisotopic (exact) mass is 394 g/mol. The van der Waals surface area contributed by atoms with Crippen molar-refractivity contribution in [3.63, 3.8) is 0 Å². The van der Waals surface area contributed by atoms with Gasteiger partial charge < -0.3 is 15.0 Å². The van der Waals surface area contributed by atoms with Crippen molar-refractivity contribution in [2.45, 2.75) is 32.7 Å². The smallest absolute Gasteiger partial charge is 0.311 e. The summed E-state index contributed by atoms with van der Waals surface area (Å²) >= 11 is 0. The van der Waals surface area contributed by atoms with E-state index in [-0.39, 0.29) is 24.9 Å². The summed E-state index contributed by atoms with van der Waals surface area (Å²) < 4.78 is 5.18. The average molecular weight is 394 g/mol. The minimum atomic E-state index is -0.540. The van der Waals surface area contributed by atoms with E-state index in [2.05, 4.69) is 5.32 Å². The van der Waals surface area contributed by atoms with Crippen molar-refractivity contribution in [1.29, 1.82) is 0 Å². The second-order valence-electron chi connectivity index (χ2n) is 7.56. The number of nitrogens with zero attached hydrogens (tertiary/aromatic N) is 1. The number of carbonyl (C=O) groups is 3. The van der Waals surface area contributed by atoms with E-state index in [1.807, 2.05) is 68.4 Å². The number of carbonyl (C=O) groups excluding carboxylic acids is 3. The van der Waals surface area contributed by atoms with Crippen LogP contribution in [-0.2, 0) is 25.7 Å². The second-order valence-corrected chi connectivity index (χ2v) is 7.56. The Morgan fingerprint density at radius 3 is 2.52 bits per heavy atom. The van der Waals surface area contributed by atoms with Crippen molar-refractivity contribution in [3.05, 3.63) is 65.7 Å². The molecular weight excluding hydrogens is 368 g/mol. The van der Waals surface area contributed by atoms with Gasteiger partial charge in [0.25, 0.3) is 5.91 Å². The van der Waals surface area contributed by atoms with Gasteiger partial charge in [-0.15, -0.1) is 0 Å². The number of likely N-dealkylation sites (tertiary alicyclic amines) is 1. The molecule has 1 heterocycles. The molecule has 3 rings (SSSR count). The molecular formula is C23H26N2O4. The maximum atomic E-state index is 12.3. The molecule has 0 radical (unpaired) electrons. The lowest BCUT2D eigenvalue weighted by atomic mass is 10.0. The van der Waals surface area contributed by atoms with Crippen molar-refractivity contribution < 1.29 is 19.1 Å². The highest BCUT2D eigenvalue weighted by Gasteiger charge is 2.35. The first-order valence-corrected chi connectivity index (χ1v) is 9.81. The molecule has 2 aromatic rings. The van der Waals surface area contributed by atoms with Crippen LogP contribution < -0.4 is 5.32 Å². The summed E-state index contributed by atoms with van der Waals surface area (Å²) in [4.78, 5) is 38.4. The Morgan fingerprint density at radius 1 is 1.10 bits per heavy atom. The number of nitrogens with one attached hydrogen (secondary N) is 1. The topological polar surface area (TPSA) is 75.7 Å². The third-order valence-electron chi connectivity index (χ3n) is 4.97. The Bertz CT molecular complexity index is 879. The molecule has 1 fully saturated rings. The molecule has 1 saturated heterocycles. The molecule has 152 valence electrons. The number of esters is 1. The van der Waals surface area contributed by atoms with Gasteiger partial charge in [-0.25, -0.2) is 0 Å². The summed E-state index contributed by atoms with van der Waals surface area (Å²) in [5, 5.41) is 2.79. The molecule has 0 saturated carbocycles. The van der Waals surface area contributed by atoms with Crippen LogP contribution >= 0.6 is 0 Å². The van der Waals surface area contributed by atoms with Crippen LogP contribution in [0.3, 0.4) is 0 Å². The van der Waals surface area contributed by atoms with Crippen LogP contribution in [0, 0.1) is 5.92 Å². The van der Waals surface area contributed by atoms with Gasteiger partial charge in [-0.1, -0.05) is 62.4 Å². The van der Waals surface area contributed by atoms with Gasteiger partial charge in [0.2, 0.25) is 5.91 Å². The van der Waals surface area contributed by atoms with Crippen LogP contribution in [0.5, 0.6) is 0 Å². The van der Waals surface area contributed by atoms with Gasteiger partial charge >= 0.3 is 5.97 Å². The third kappa shape index (κ3) is 5.44. The first-order chi connectivity index (χ1) is 13.9. The fraction of sp³-hybridized carbons (Fsp3) is 0.348. The quantitative estimate of drug-likeness (QED) is 0.731. The maximum Gasteiger partial charge on any atom is 0.311 e. The lowest BCUT2D eigenvalue weighted by Crippen LogP contribution is -2.28. The van der Waals surface area contributed by atoms with E-state index in [4.69, 9.17) is 4.74 Å². The number of hydrogen-bond donors (Lipinski definition) is 1. The van der Waals surface area contributed by atoms with E-state index in [0.717, 1.165) is 11.1 Å². The molecule has 1 aliphatic rings. The van der Waals surface area contributed by atoms with E-state index in [9.17, 15) is 14.4 Å². The van der Waals surface area contributed by atoms with E-state index in [1.54, 1.807) is 4.90 Å². The van der Waals surface area contributed by atoms with Gasteiger partial charge in [-0.3, -0.25) is 14.4 Å². The molecule has 2 amide bonds. The molecule has 0 aromatic heterocycles. The Labute approximate surface area is 170 Å². The van der Waals surface area contributed by atoms with Crippen molar-refractivity contribution in [1.82, 2.24) is 4.90 Å². The molecule has 2 aromatic carbocycles. The lowest BCUT2D eigenvalue weighted by Gasteiger charge is -2.16. The van der Waals surface area contributed by atoms with Crippen LogP contribution in [0.2, 0.25) is 0 Å². The van der Waals surface area contributed by atoms with Crippen molar-refractivity contribution in [2.24, 2.45) is 5.92 Å². The molecule has 0 bridgehead atoms. The van der Waals surface area contributed by atoms with Gasteiger partial charge in [0.1, 0.15) is 0 Å². The number of ether oxygens (including phenoxy) is 1. The van der Waals surface area contributed by atoms with Gasteiger partial charge in [0.05, 0.1) is 5.92 Å². The van der Waals surface area contributed by atoms with E-state index in [0.29, 0.717) is 18.8 Å². The van der Waals surface area contributed by atoms with Crippen molar-refractivity contribution >= 4 is 23.5 Å². The zero-order valence-corrected chi connectivity index (χ0v) is 16.8. The normalized spacial score (nSPS) is 16.2. The standard InChI is InChI=1S/C23H26N2O4/c1-16(2)19-10-6-7-11-20(19)24-21(26)15-29-23(28)18-12-22(27)25(14-18)13-17-8-4-3-5-9-17/h3-11,16,18H,12-15H2,1-2H3,(H,24,26)/t18-/m0/s1. The maximum absolute atomic E-state index is 12.3. The van der Waals surface area contributed by atoms with Crippen LogP contribution in [-0.4, -0.2) is 35.8 Å². The second kappa shape index (κ2) is 9.37. The van der Waals surface area contributed by atoms with E-state index < -0.39 is 17.8 Å². The predicted octanol–water partition coefficient (Wildman–Crippen LogP) is 3.34. The van der Waals surface area contributed by atoms with Crippen LogP contribution in [0.1, 0.15) is 37.3 Å². The SMILES string of the molecule is CC(C)c1ccccc1NC(=O)COC(=O)[C@H]1CC(=O)N(Cc2ccccc2)C1. The highest BCUT2D eigenvalue weighted by molar-refractivity contribution is 5.94. The van der Waals surface area contributed by atoms with E-state index >= 15 is 0 Å². The molecule has 29 heavy (non-hydrogen) atoms. The van der Waals surface area contributed by atoms with Crippen molar-refractivity contribution in [3.8, 4) is 0 Å². The fourth-order valence-corrected chi connectivity index (χ4v) is 3.44. The van der Waals surface area contributed by atoms with Crippen molar-refractivity contribution in [2.75, 3.05) is 18.5 Å². The van der Waals surface area contributed by atoms with Gasteiger partial charge in [0, 0.05) is 25.2 Å². The summed E-state index contributed by atoms with van der Waals surface area (Å²) in [5.74, 6) is -1.26. The molecule has 0 unspecified atom stereocenters. The molecule has 1 aliphatic heterocycles. The molecule has 1 N–H and O–H groups in total. The number of amides is 2. The Kier molecular flexibility index (Phi) is 6.65. The molecule has 1 atom stereocenters. The Morgan fingerprint density at radius 2 is 1.79 bits per heavy atom. The minimum absolute atomic E-state index is 0.0777. The number of anilines is 1. The number of benzene rings is 2. The molecule has 0 aliphatic carbocycles. The van der Waals surface area contributed by atoms with Crippen LogP contribution in [0.15, 0.2) is 54.6 Å². The first kappa shape index (κ1) is 20.6. The van der Waals surface area contributed by atoms with Gasteiger partial charge in [0.15, 0.2) is 6.61 Å². The summed E-state index contributed by atoms with van der Waals surface area (Å²) in [6, 6.07) is 17.2. The van der Waals surface area contributed by atoms with E-state index in [1.165, 1.54) is 0 Å². The largest absolute Gasteiger partial charge is 0.455 e. The van der Waals surface area contributed by atoms with Gasteiger partial charge in [-0.2, -0.15) is 0 Å². The number of hydrogen-bond acceptors (Lipinski definition) is 4. The highest BCUT2D eigenvalue weighted by Crippen LogP contribution is 2.24. The summed E-state index contributed by atoms with van der Waals surface area (Å²) in [5.41, 5.74) is 2.75. The Balaban J connectivity index is 1.49. The lowest BCUT2D eigenvalue weighted by molar-refractivity contribution is -0.151. The molecule has 0 spiro atoms. The Hall–Kier alpha value is -3.15. The number of rotatable bonds is 7. The molecule has 6 nitrogen and oxygen atoms in total. The third-order valence-corrected chi connectivity index (χ3v) is 4.97. The molecule has 6 heteroatoms. The summed E-state index contributed by atoms with van der Waals surface area (Å²) in [6.07, 6.45) is 0.115. The first-order valence-electron chi connectivity index (χ1n) is 9.81. The zero-order valence-electron chi connectivity index (χ0n) is 16.8. The highest BCUT2D eigenvalue weighted by atomic mass is 16.5. The minimum Gasteiger partial charge on any atom is -0.455 e. The van der Waals surface area contributed by atoms with Crippen LogP contribution in [0.4, 0.5) is 5.69 Å². The van der Waals surface area contributed by atoms with Crippen LogP contribution in [0.25, 0.3) is 0 Å². The average Bonchev–Trinajstić information content (AvgIpc) is 3.07.